The van der Waals surface area contributed by atoms with Crippen LogP contribution in [0.25, 0.3) is 0 Å². The molecule has 18 heavy (non-hydrogen) atoms. The number of hydrogen-bond donors (Lipinski definition) is 0. The van der Waals surface area contributed by atoms with Crippen molar-refractivity contribution in [1.82, 2.24) is 15.0 Å². The highest BCUT2D eigenvalue weighted by atomic mass is 32.2. The Bertz CT molecular complexity index is 578. The fourth-order valence-corrected chi connectivity index (χ4v) is 2.38. The van der Waals surface area contributed by atoms with E-state index in [0.29, 0.717) is 10.7 Å². The summed E-state index contributed by atoms with van der Waals surface area (Å²) in [5.41, 5.74) is 2.50. The molecule has 92 valence electrons. The maximum Gasteiger partial charge on any atom is 0.194 e. The van der Waals surface area contributed by atoms with Crippen LogP contribution in [0, 0.1) is 13.8 Å². The van der Waals surface area contributed by atoms with Crippen LogP contribution in [0.4, 0.5) is 0 Å². The van der Waals surface area contributed by atoms with Gasteiger partial charge < -0.3 is 0 Å². The number of hydrogen-bond acceptors (Lipinski definition) is 5. The van der Waals surface area contributed by atoms with Gasteiger partial charge in [0.15, 0.2) is 10.9 Å². The molecule has 0 saturated heterocycles. The van der Waals surface area contributed by atoms with Crippen molar-refractivity contribution in [2.75, 3.05) is 0 Å². The average Bonchev–Trinajstić information content (AvgIpc) is 2.27. The van der Waals surface area contributed by atoms with Gasteiger partial charge in [0.2, 0.25) is 0 Å². The van der Waals surface area contributed by atoms with Gasteiger partial charge in [0.1, 0.15) is 5.03 Å². The fourth-order valence-electron chi connectivity index (χ4n) is 1.52. The summed E-state index contributed by atoms with van der Waals surface area (Å²) in [5.74, 6) is 0.0283. The van der Waals surface area contributed by atoms with Crippen LogP contribution in [-0.4, -0.2) is 20.7 Å². The Labute approximate surface area is 110 Å². The number of pyridine rings is 1. The number of nitrogens with zero attached hydrogens (tertiary/aromatic N) is 3. The van der Waals surface area contributed by atoms with E-state index in [9.17, 15) is 4.79 Å². The van der Waals surface area contributed by atoms with Gasteiger partial charge in [0, 0.05) is 23.1 Å². The van der Waals surface area contributed by atoms with Crippen molar-refractivity contribution in [3.63, 3.8) is 0 Å². The van der Waals surface area contributed by atoms with E-state index in [1.165, 1.54) is 18.7 Å². The highest BCUT2D eigenvalue weighted by molar-refractivity contribution is 7.99. The molecule has 4 nitrogen and oxygen atoms in total. The Morgan fingerprint density at radius 2 is 1.83 bits per heavy atom. The van der Waals surface area contributed by atoms with Crippen molar-refractivity contribution in [2.45, 2.75) is 31.0 Å². The minimum atomic E-state index is 0.0283. The fraction of sp³-hybridized carbons (Fsp3) is 0.231. The minimum absolute atomic E-state index is 0.0283. The van der Waals surface area contributed by atoms with Crippen LogP contribution in [0.5, 0.6) is 0 Å². The summed E-state index contributed by atoms with van der Waals surface area (Å²) in [7, 11) is 0. The molecule has 0 saturated carbocycles. The monoisotopic (exact) mass is 259 g/mol. The zero-order chi connectivity index (χ0) is 13.1. The minimum Gasteiger partial charge on any atom is -0.295 e. The standard InChI is InChI=1S/C13H13N3OS/c1-8-6-9(2)16-13(15-8)18-12-7-11(10(3)17)4-5-14-12/h4-7H,1-3H3. The number of ketones is 1. The largest absolute Gasteiger partial charge is 0.295 e. The van der Waals surface area contributed by atoms with Crippen molar-refractivity contribution < 1.29 is 4.79 Å². The molecule has 5 heteroatoms. The molecule has 0 amide bonds. The third-order valence-corrected chi connectivity index (χ3v) is 3.10. The highest BCUT2D eigenvalue weighted by Gasteiger charge is 2.06. The SMILES string of the molecule is CC(=O)c1ccnc(Sc2nc(C)cc(C)n2)c1. The van der Waals surface area contributed by atoms with E-state index in [-0.39, 0.29) is 5.78 Å². The molecular formula is C13H13N3OS. The lowest BCUT2D eigenvalue weighted by molar-refractivity contribution is 0.101. The molecule has 0 fully saturated rings. The normalized spacial score (nSPS) is 10.4. The van der Waals surface area contributed by atoms with E-state index in [1.807, 2.05) is 19.9 Å². The molecule has 2 aromatic rings. The summed E-state index contributed by atoms with van der Waals surface area (Å²) in [6.45, 7) is 5.40. The van der Waals surface area contributed by atoms with Crippen molar-refractivity contribution in [2.24, 2.45) is 0 Å². The summed E-state index contributed by atoms with van der Waals surface area (Å²) < 4.78 is 0. The molecule has 0 aromatic carbocycles. The lowest BCUT2D eigenvalue weighted by Crippen LogP contribution is -1.95. The smallest absolute Gasteiger partial charge is 0.194 e. The Hall–Kier alpha value is -1.75. The molecule has 0 aliphatic rings. The van der Waals surface area contributed by atoms with E-state index in [2.05, 4.69) is 15.0 Å². The molecule has 0 spiro atoms. The van der Waals surface area contributed by atoms with Crippen LogP contribution in [0.3, 0.4) is 0 Å². The second-order valence-corrected chi connectivity index (χ2v) is 4.96. The Morgan fingerprint density at radius 1 is 1.17 bits per heavy atom. The van der Waals surface area contributed by atoms with Gasteiger partial charge in [-0.1, -0.05) is 0 Å². The average molecular weight is 259 g/mol. The molecule has 0 radical (unpaired) electrons. The summed E-state index contributed by atoms with van der Waals surface area (Å²) in [6.07, 6.45) is 1.63. The maximum atomic E-state index is 11.3. The number of carbonyl (C=O) groups is 1. The summed E-state index contributed by atoms with van der Waals surface area (Å²) in [5, 5.41) is 1.38. The van der Waals surface area contributed by atoms with Gasteiger partial charge in [-0.15, -0.1) is 0 Å². The number of aromatic nitrogens is 3. The van der Waals surface area contributed by atoms with Crippen molar-refractivity contribution in [3.05, 3.63) is 41.3 Å². The zero-order valence-corrected chi connectivity index (χ0v) is 11.3. The van der Waals surface area contributed by atoms with Crippen LogP contribution in [0.1, 0.15) is 28.7 Å². The van der Waals surface area contributed by atoms with Gasteiger partial charge in [-0.3, -0.25) is 4.79 Å². The first kappa shape index (κ1) is 12.7. The van der Waals surface area contributed by atoms with Gasteiger partial charge in [-0.25, -0.2) is 15.0 Å². The molecule has 0 aliphatic carbocycles. The van der Waals surface area contributed by atoms with Crippen LogP contribution < -0.4 is 0 Å². The molecule has 0 N–H and O–H groups in total. The first-order valence-corrected chi connectivity index (χ1v) is 6.33. The first-order valence-electron chi connectivity index (χ1n) is 5.52. The van der Waals surface area contributed by atoms with Gasteiger partial charge in [0.25, 0.3) is 0 Å². The molecule has 0 bridgehead atoms. The summed E-state index contributed by atoms with van der Waals surface area (Å²) in [6, 6.07) is 5.38. The van der Waals surface area contributed by atoms with Crippen LogP contribution in [0.15, 0.2) is 34.6 Å². The van der Waals surface area contributed by atoms with E-state index in [0.717, 1.165) is 16.4 Å². The van der Waals surface area contributed by atoms with Crippen molar-refractivity contribution >= 4 is 17.5 Å². The van der Waals surface area contributed by atoms with E-state index in [1.54, 1.807) is 18.3 Å². The number of aryl methyl sites for hydroxylation is 2. The van der Waals surface area contributed by atoms with Crippen molar-refractivity contribution in [1.29, 1.82) is 0 Å². The van der Waals surface area contributed by atoms with Gasteiger partial charge in [0.05, 0.1) is 0 Å². The predicted octanol–water partition coefficient (Wildman–Crippen LogP) is 2.84. The van der Waals surface area contributed by atoms with Crippen LogP contribution in [-0.2, 0) is 0 Å². The van der Waals surface area contributed by atoms with Crippen LogP contribution >= 0.6 is 11.8 Å². The number of rotatable bonds is 3. The number of Topliss-reactive ketones (excluding diaryl/α,β-unsaturated/α-hetero) is 1. The quantitative estimate of drug-likeness (QED) is 0.626. The topological polar surface area (TPSA) is 55.7 Å². The Balaban J connectivity index is 2.28. The third-order valence-electron chi connectivity index (χ3n) is 2.30. The molecule has 0 atom stereocenters. The zero-order valence-electron chi connectivity index (χ0n) is 10.5. The first-order chi connectivity index (χ1) is 8.54. The second-order valence-electron chi connectivity index (χ2n) is 3.97. The second kappa shape index (κ2) is 5.27. The van der Waals surface area contributed by atoms with Crippen LogP contribution in [0.2, 0.25) is 0 Å². The molecule has 2 aromatic heterocycles. The van der Waals surface area contributed by atoms with Gasteiger partial charge >= 0.3 is 0 Å². The van der Waals surface area contributed by atoms with E-state index in [4.69, 9.17) is 0 Å². The van der Waals surface area contributed by atoms with Gasteiger partial charge in [-0.2, -0.15) is 0 Å². The molecule has 2 rings (SSSR count). The van der Waals surface area contributed by atoms with E-state index < -0.39 is 0 Å². The molecule has 0 aliphatic heterocycles. The van der Waals surface area contributed by atoms with E-state index >= 15 is 0 Å². The lowest BCUT2D eigenvalue weighted by Gasteiger charge is -2.03. The number of carbonyl (C=O) groups excluding carboxylic acids is 1. The summed E-state index contributed by atoms with van der Waals surface area (Å²) >= 11 is 1.36. The predicted molar refractivity (Wildman–Crippen MR) is 69.9 cm³/mol. The third kappa shape index (κ3) is 3.13. The molecular weight excluding hydrogens is 246 g/mol. The van der Waals surface area contributed by atoms with Crippen molar-refractivity contribution in [3.8, 4) is 0 Å². The Kier molecular flexibility index (Phi) is 3.72. The molecule has 0 unspecified atom stereocenters. The summed E-state index contributed by atoms with van der Waals surface area (Å²) in [4.78, 5) is 24.2. The van der Waals surface area contributed by atoms with Gasteiger partial charge in [-0.05, 0) is 50.7 Å². The Morgan fingerprint density at radius 3 is 2.44 bits per heavy atom. The maximum absolute atomic E-state index is 11.3. The lowest BCUT2D eigenvalue weighted by atomic mass is 10.2. The highest BCUT2D eigenvalue weighted by Crippen LogP contribution is 2.23. The molecule has 2 heterocycles.